The summed E-state index contributed by atoms with van der Waals surface area (Å²) in [6.45, 7) is 4.33. The highest BCUT2D eigenvalue weighted by atomic mass is 32.2. The molecule has 39 heavy (non-hydrogen) atoms. The van der Waals surface area contributed by atoms with Crippen molar-refractivity contribution in [2.45, 2.75) is 50.9 Å². The van der Waals surface area contributed by atoms with Crippen LogP contribution in [0.2, 0.25) is 0 Å². The van der Waals surface area contributed by atoms with E-state index in [0.717, 1.165) is 42.9 Å². The number of nitrogens with zero attached hydrogens (tertiary/aromatic N) is 2. The topological polar surface area (TPSA) is 108 Å². The Morgan fingerprint density at radius 3 is 2.31 bits per heavy atom. The van der Waals surface area contributed by atoms with Crippen LogP contribution < -0.4 is 19.8 Å². The van der Waals surface area contributed by atoms with Gasteiger partial charge in [0.05, 0.1) is 28.1 Å². The number of sulfonamides is 1. The SMILES string of the molecule is CCS(=O)(=O)Nc1ccc(C(=O)Nc2ccc3c(c2)C2(CCOCC2)C(=O)N3C)c(N2CCC3(CC2)CC3)c1. The molecular weight excluding hydrogens is 516 g/mol. The summed E-state index contributed by atoms with van der Waals surface area (Å²) >= 11 is 0. The highest BCUT2D eigenvalue weighted by Crippen LogP contribution is 2.54. The van der Waals surface area contributed by atoms with Gasteiger partial charge in [-0.05, 0) is 92.8 Å². The number of anilines is 4. The van der Waals surface area contributed by atoms with Crippen LogP contribution in [0.25, 0.3) is 0 Å². The fourth-order valence-electron chi connectivity index (χ4n) is 6.44. The molecule has 1 saturated carbocycles. The lowest BCUT2D eigenvalue weighted by atomic mass is 9.75. The Balaban J connectivity index is 1.30. The van der Waals surface area contributed by atoms with Gasteiger partial charge in [-0.25, -0.2) is 8.42 Å². The van der Waals surface area contributed by atoms with Crippen LogP contribution in [0.4, 0.5) is 22.7 Å². The van der Waals surface area contributed by atoms with Crippen LogP contribution in [-0.4, -0.2) is 59.3 Å². The molecule has 2 N–H and O–H groups in total. The van der Waals surface area contributed by atoms with Crippen LogP contribution in [0, 0.1) is 5.41 Å². The number of piperidine rings is 1. The van der Waals surface area contributed by atoms with E-state index >= 15 is 0 Å². The molecule has 6 rings (SSSR count). The lowest BCUT2D eigenvalue weighted by Crippen LogP contribution is -2.42. The molecule has 4 aliphatic rings. The second kappa shape index (κ2) is 9.52. The third-order valence-electron chi connectivity index (χ3n) is 9.21. The van der Waals surface area contributed by atoms with Crippen LogP contribution in [0.5, 0.6) is 0 Å². The van der Waals surface area contributed by atoms with Gasteiger partial charge in [-0.3, -0.25) is 14.3 Å². The fraction of sp³-hybridized carbons (Fsp3) is 0.517. The Hall–Kier alpha value is -3.11. The number of benzene rings is 2. The van der Waals surface area contributed by atoms with Crippen molar-refractivity contribution in [1.29, 1.82) is 0 Å². The number of hydrogen-bond donors (Lipinski definition) is 2. The normalized spacial score (nSPS) is 21.2. The molecule has 0 radical (unpaired) electrons. The number of carbonyl (C=O) groups is 2. The van der Waals surface area contributed by atoms with E-state index in [4.69, 9.17) is 4.74 Å². The fourth-order valence-corrected chi connectivity index (χ4v) is 7.07. The van der Waals surface area contributed by atoms with Gasteiger partial charge in [-0.2, -0.15) is 0 Å². The molecule has 9 nitrogen and oxygen atoms in total. The zero-order valence-corrected chi connectivity index (χ0v) is 23.4. The predicted molar refractivity (Wildman–Crippen MR) is 152 cm³/mol. The number of nitrogens with one attached hydrogen (secondary N) is 2. The summed E-state index contributed by atoms with van der Waals surface area (Å²) in [5, 5.41) is 3.06. The second-order valence-electron chi connectivity index (χ2n) is 11.5. The van der Waals surface area contributed by atoms with Gasteiger partial charge in [0, 0.05) is 44.7 Å². The first-order valence-corrected chi connectivity index (χ1v) is 15.5. The van der Waals surface area contributed by atoms with Crippen LogP contribution in [0.3, 0.4) is 0 Å². The molecule has 3 fully saturated rings. The largest absolute Gasteiger partial charge is 0.381 e. The average Bonchev–Trinajstić information content (AvgIpc) is 3.67. The number of amides is 2. The highest BCUT2D eigenvalue weighted by molar-refractivity contribution is 7.92. The molecule has 2 aromatic carbocycles. The molecule has 3 heterocycles. The molecule has 0 aromatic heterocycles. The summed E-state index contributed by atoms with van der Waals surface area (Å²) in [5.41, 5.74) is 3.98. The molecule has 0 unspecified atom stereocenters. The van der Waals surface area contributed by atoms with Crippen LogP contribution in [0.1, 0.15) is 61.4 Å². The zero-order chi connectivity index (χ0) is 27.4. The van der Waals surface area contributed by atoms with Gasteiger partial charge in [0.25, 0.3) is 5.91 Å². The summed E-state index contributed by atoms with van der Waals surface area (Å²) in [4.78, 5) is 30.9. The van der Waals surface area contributed by atoms with Crippen molar-refractivity contribution in [3.8, 4) is 0 Å². The van der Waals surface area contributed by atoms with Gasteiger partial charge in [0.15, 0.2) is 0 Å². The third-order valence-corrected chi connectivity index (χ3v) is 10.5. The minimum absolute atomic E-state index is 0.0273. The number of ether oxygens (including phenoxy) is 1. The molecule has 10 heteroatoms. The van der Waals surface area contributed by atoms with E-state index in [-0.39, 0.29) is 17.6 Å². The number of likely N-dealkylation sites (N-methyl/N-ethyl adjacent to an activating group) is 1. The maximum Gasteiger partial charge on any atom is 0.257 e. The lowest BCUT2D eigenvalue weighted by molar-refractivity contribution is -0.126. The Kier molecular flexibility index (Phi) is 6.38. The predicted octanol–water partition coefficient (Wildman–Crippen LogP) is 4.11. The number of carbonyl (C=O) groups excluding carboxylic acids is 2. The van der Waals surface area contributed by atoms with E-state index in [1.807, 2.05) is 18.2 Å². The Labute approximate surface area is 229 Å². The monoisotopic (exact) mass is 552 g/mol. The van der Waals surface area contributed by atoms with Crippen LogP contribution >= 0.6 is 0 Å². The van der Waals surface area contributed by atoms with Crippen molar-refractivity contribution in [3.05, 3.63) is 47.5 Å². The summed E-state index contributed by atoms with van der Waals surface area (Å²) in [5.74, 6) is -0.212. The lowest BCUT2D eigenvalue weighted by Gasteiger charge is -2.35. The molecule has 3 aliphatic heterocycles. The van der Waals surface area contributed by atoms with Gasteiger partial charge in [0.1, 0.15) is 0 Å². The Bertz CT molecular complexity index is 1420. The molecule has 0 atom stereocenters. The molecule has 2 aromatic rings. The number of hydrogen-bond acceptors (Lipinski definition) is 6. The minimum atomic E-state index is -3.45. The minimum Gasteiger partial charge on any atom is -0.381 e. The van der Waals surface area contributed by atoms with Crippen molar-refractivity contribution >= 4 is 44.6 Å². The van der Waals surface area contributed by atoms with E-state index < -0.39 is 15.4 Å². The molecule has 2 amide bonds. The third kappa shape index (κ3) is 4.67. The molecule has 2 saturated heterocycles. The quantitative estimate of drug-likeness (QED) is 0.559. The molecule has 2 spiro atoms. The van der Waals surface area contributed by atoms with Gasteiger partial charge < -0.3 is 19.9 Å². The van der Waals surface area contributed by atoms with Crippen molar-refractivity contribution in [2.75, 3.05) is 58.9 Å². The standard InChI is InChI=1S/C29H36N4O5S/c1-3-39(36,37)31-21-4-6-22(25(19-21)33-14-10-28(8-9-28)11-15-33)26(34)30-20-5-7-24-23(18-20)29(27(35)32(24)2)12-16-38-17-13-29/h4-7,18-19,31H,3,8-17H2,1-2H3,(H,30,34). The van der Waals surface area contributed by atoms with E-state index in [1.54, 1.807) is 37.1 Å². The first-order valence-electron chi connectivity index (χ1n) is 13.9. The smallest absolute Gasteiger partial charge is 0.257 e. The van der Waals surface area contributed by atoms with Crippen molar-refractivity contribution in [1.82, 2.24) is 0 Å². The first-order chi connectivity index (χ1) is 18.7. The van der Waals surface area contributed by atoms with Gasteiger partial charge in [-0.15, -0.1) is 0 Å². The van der Waals surface area contributed by atoms with E-state index in [1.165, 1.54) is 12.8 Å². The van der Waals surface area contributed by atoms with Gasteiger partial charge in [0.2, 0.25) is 15.9 Å². The second-order valence-corrected chi connectivity index (χ2v) is 13.5. The van der Waals surface area contributed by atoms with E-state index in [9.17, 15) is 18.0 Å². The Morgan fingerprint density at radius 1 is 0.949 bits per heavy atom. The summed E-state index contributed by atoms with van der Waals surface area (Å²) < 4.78 is 32.7. The van der Waals surface area contributed by atoms with Crippen molar-refractivity contribution < 1.29 is 22.7 Å². The summed E-state index contributed by atoms with van der Waals surface area (Å²) in [6.07, 6.45) is 5.95. The number of fused-ring (bicyclic) bond motifs is 2. The Morgan fingerprint density at radius 2 is 1.64 bits per heavy atom. The number of rotatable bonds is 6. The van der Waals surface area contributed by atoms with E-state index in [2.05, 4.69) is 14.9 Å². The maximum absolute atomic E-state index is 13.7. The first kappa shape index (κ1) is 26.1. The zero-order valence-electron chi connectivity index (χ0n) is 22.6. The molecule has 208 valence electrons. The van der Waals surface area contributed by atoms with Crippen LogP contribution in [0.15, 0.2) is 36.4 Å². The average molecular weight is 553 g/mol. The molecule has 1 aliphatic carbocycles. The maximum atomic E-state index is 13.7. The van der Waals surface area contributed by atoms with Crippen LogP contribution in [-0.2, 0) is 25.0 Å². The van der Waals surface area contributed by atoms with Crippen molar-refractivity contribution in [3.63, 3.8) is 0 Å². The van der Waals surface area contributed by atoms with Gasteiger partial charge >= 0.3 is 0 Å². The van der Waals surface area contributed by atoms with Gasteiger partial charge in [-0.1, -0.05) is 0 Å². The highest BCUT2D eigenvalue weighted by Gasteiger charge is 2.50. The summed E-state index contributed by atoms with van der Waals surface area (Å²) in [7, 11) is -1.65. The molecular formula is C29H36N4O5S. The molecule has 0 bridgehead atoms. The summed E-state index contributed by atoms with van der Waals surface area (Å²) in [6, 6.07) is 10.8. The van der Waals surface area contributed by atoms with Crippen molar-refractivity contribution in [2.24, 2.45) is 5.41 Å². The van der Waals surface area contributed by atoms with E-state index in [0.29, 0.717) is 48.4 Å².